The summed E-state index contributed by atoms with van der Waals surface area (Å²) in [6, 6.07) is -1.03. The number of rotatable bonds is 57. The number of amides is 1. The van der Waals surface area contributed by atoms with Crippen molar-refractivity contribution in [2.24, 2.45) is 0 Å². The van der Waals surface area contributed by atoms with Gasteiger partial charge in [-0.25, -0.2) is 0 Å². The molecule has 0 aromatic rings. The quantitative estimate of drug-likeness (QED) is 0.0195. The van der Waals surface area contributed by atoms with E-state index in [-0.39, 0.29) is 19.4 Å². The van der Waals surface area contributed by atoms with E-state index in [0.717, 1.165) is 116 Å². The van der Waals surface area contributed by atoms with E-state index < -0.39 is 67.4 Å². The summed E-state index contributed by atoms with van der Waals surface area (Å²) in [7, 11) is 0. The molecular weight excluding hydrogens is 1030 g/mol. The van der Waals surface area contributed by atoms with Crippen LogP contribution in [0.25, 0.3) is 0 Å². The average molecular weight is 1150 g/mol. The molecule has 1 saturated heterocycles. The highest BCUT2D eigenvalue weighted by Gasteiger charge is 2.47. The lowest BCUT2D eigenvalue weighted by Crippen LogP contribution is -2.61. The Hall–Kier alpha value is -3.16. The predicted octanol–water partition coefficient (Wildman–Crippen LogP) is 16.9. The van der Waals surface area contributed by atoms with Crippen molar-refractivity contribution in [1.82, 2.24) is 5.32 Å². The Bertz CT molecular complexity index is 1660. The van der Waals surface area contributed by atoms with E-state index in [1.54, 1.807) is 6.08 Å². The average Bonchev–Trinajstić information content (AvgIpc) is 3.55. The molecule has 474 valence electrons. The van der Waals surface area contributed by atoms with E-state index in [1.807, 2.05) is 6.08 Å². The fraction of sp³-hybridized carbons (Fsp3) is 0.775. The maximum atomic E-state index is 13.5. The minimum Gasteiger partial charge on any atom is -0.454 e. The second-order valence-electron chi connectivity index (χ2n) is 23.2. The monoisotopic (exact) mass is 1150 g/mol. The van der Waals surface area contributed by atoms with Gasteiger partial charge in [-0.15, -0.1) is 0 Å². The normalized spacial score (nSPS) is 19.1. The number of unbranched alkanes of at least 4 members (excludes halogenated alkanes) is 31. The molecular formula is C71H125NO10. The SMILES string of the molecule is CC/C=C\C/C=C\C/C=C\C/C=C\C/C=C\C/C=C\CCCCCCCCCC(O)C(=O)NC(COC1OC(CO)C(O)C(O)C1OC(=O)CCCCCCCCCCCCCCCC)C(O)/C=C/CCCCCCCCCCCCC. The summed E-state index contributed by atoms with van der Waals surface area (Å²) in [5, 5.41) is 57.1. The first-order valence-corrected chi connectivity index (χ1v) is 33.9. The third-order valence-electron chi connectivity index (χ3n) is 15.6. The van der Waals surface area contributed by atoms with Crippen LogP contribution in [0, 0.1) is 0 Å². The molecule has 11 nitrogen and oxygen atoms in total. The van der Waals surface area contributed by atoms with Gasteiger partial charge in [-0.05, 0) is 77.0 Å². The van der Waals surface area contributed by atoms with E-state index in [9.17, 15) is 35.1 Å². The van der Waals surface area contributed by atoms with Crippen molar-refractivity contribution in [2.75, 3.05) is 13.2 Å². The fourth-order valence-corrected chi connectivity index (χ4v) is 10.2. The molecule has 1 rings (SSSR count). The molecule has 0 aromatic heterocycles. The number of aliphatic hydroxyl groups is 5. The van der Waals surface area contributed by atoms with Crippen LogP contribution in [0.5, 0.6) is 0 Å². The summed E-state index contributed by atoms with van der Waals surface area (Å²) in [6.45, 7) is 5.69. The molecule has 0 spiro atoms. The van der Waals surface area contributed by atoms with Crippen molar-refractivity contribution in [3.05, 3.63) is 85.1 Å². The Morgan fingerprint density at radius 1 is 0.488 bits per heavy atom. The van der Waals surface area contributed by atoms with Crippen molar-refractivity contribution < 1.29 is 49.3 Å². The van der Waals surface area contributed by atoms with Gasteiger partial charge in [0, 0.05) is 6.42 Å². The first-order chi connectivity index (χ1) is 40.2. The zero-order chi connectivity index (χ0) is 59.6. The van der Waals surface area contributed by atoms with E-state index in [2.05, 4.69) is 99.0 Å². The van der Waals surface area contributed by atoms with Crippen LogP contribution in [-0.2, 0) is 23.8 Å². The maximum absolute atomic E-state index is 13.5. The van der Waals surface area contributed by atoms with Crippen LogP contribution in [0.2, 0.25) is 0 Å². The highest BCUT2D eigenvalue weighted by Crippen LogP contribution is 2.26. The number of hydrogen-bond donors (Lipinski definition) is 6. The zero-order valence-electron chi connectivity index (χ0n) is 52.6. The largest absolute Gasteiger partial charge is 0.454 e. The summed E-state index contributed by atoms with van der Waals surface area (Å²) in [5.41, 5.74) is 0. The van der Waals surface area contributed by atoms with Crippen molar-refractivity contribution in [3.63, 3.8) is 0 Å². The van der Waals surface area contributed by atoms with Crippen LogP contribution in [0.3, 0.4) is 0 Å². The number of hydrogen-bond acceptors (Lipinski definition) is 10. The topological polar surface area (TPSA) is 175 Å². The molecule has 1 fully saturated rings. The third-order valence-corrected chi connectivity index (χ3v) is 15.6. The smallest absolute Gasteiger partial charge is 0.306 e. The van der Waals surface area contributed by atoms with E-state index in [0.29, 0.717) is 12.8 Å². The lowest BCUT2D eigenvalue weighted by atomic mass is 9.99. The van der Waals surface area contributed by atoms with Crippen molar-refractivity contribution >= 4 is 11.9 Å². The molecule has 1 aliphatic rings. The van der Waals surface area contributed by atoms with Gasteiger partial charge in [0.2, 0.25) is 5.91 Å². The number of carbonyl (C=O) groups excluding carboxylic acids is 2. The second-order valence-corrected chi connectivity index (χ2v) is 23.2. The molecule has 0 aromatic carbocycles. The zero-order valence-corrected chi connectivity index (χ0v) is 52.6. The molecule has 6 N–H and O–H groups in total. The van der Waals surface area contributed by atoms with Gasteiger partial charge in [-0.1, -0.05) is 292 Å². The van der Waals surface area contributed by atoms with Crippen LogP contribution < -0.4 is 5.32 Å². The second kappa shape index (κ2) is 58.2. The van der Waals surface area contributed by atoms with Crippen molar-refractivity contribution in [3.8, 4) is 0 Å². The summed E-state index contributed by atoms with van der Waals surface area (Å²) in [6.07, 6.45) is 66.2. The Morgan fingerprint density at radius 2 is 0.878 bits per heavy atom. The minimum atomic E-state index is -1.62. The van der Waals surface area contributed by atoms with E-state index >= 15 is 0 Å². The molecule has 82 heavy (non-hydrogen) atoms. The van der Waals surface area contributed by atoms with Gasteiger partial charge in [-0.3, -0.25) is 9.59 Å². The minimum absolute atomic E-state index is 0.123. The number of esters is 1. The molecule has 8 unspecified atom stereocenters. The summed E-state index contributed by atoms with van der Waals surface area (Å²) in [5.74, 6) is -1.20. The van der Waals surface area contributed by atoms with E-state index in [1.165, 1.54) is 128 Å². The van der Waals surface area contributed by atoms with Gasteiger partial charge >= 0.3 is 5.97 Å². The van der Waals surface area contributed by atoms with Crippen molar-refractivity contribution in [2.45, 2.75) is 339 Å². The molecule has 0 aliphatic carbocycles. The van der Waals surface area contributed by atoms with Crippen molar-refractivity contribution in [1.29, 1.82) is 0 Å². The molecule has 8 atom stereocenters. The van der Waals surface area contributed by atoms with Crippen LogP contribution in [0.15, 0.2) is 85.1 Å². The van der Waals surface area contributed by atoms with Gasteiger partial charge < -0.3 is 45.1 Å². The van der Waals surface area contributed by atoms with Gasteiger partial charge in [0.25, 0.3) is 0 Å². The highest BCUT2D eigenvalue weighted by molar-refractivity contribution is 5.80. The lowest BCUT2D eigenvalue weighted by molar-refractivity contribution is -0.305. The summed E-state index contributed by atoms with van der Waals surface area (Å²) < 4.78 is 17.7. The van der Waals surface area contributed by atoms with Gasteiger partial charge in [0.15, 0.2) is 12.4 Å². The standard InChI is InChI=1S/C71H125NO10/c1-4-7-10-13-16-19-22-25-27-28-29-30-31-32-33-34-35-36-37-38-40-43-46-49-52-55-58-64(75)70(79)72-62(63(74)57-54-51-48-45-42-39-24-21-18-15-12-9-6-3)61-80-71-69(68(78)67(77)65(60-73)81-71)82-66(76)59-56-53-50-47-44-41-26-23-20-17-14-11-8-5-2/h7,10,16,19,25,27,29-30,32-33,35-36,54,57,62-65,67-69,71,73-75,77-78H,4-6,8-9,11-15,17-18,20-24,26,28,31,34,37-53,55-56,58-61H2,1-3H3,(H,72,79)/b10-7-,19-16-,27-25-,30-29-,33-32-,36-35-,57-54+. The molecule has 0 radical (unpaired) electrons. The van der Waals surface area contributed by atoms with Gasteiger partial charge in [0.1, 0.15) is 24.4 Å². The van der Waals surface area contributed by atoms with Crippen LogP contribution >= 0.6 is 0 Å². The van der Waals surface area contributed by atoms with E-state index in [4.69, 9.17) is 14.2 Å². The number of ether oxygens (including phenoxy) is 3. The highest BCUT2D eigenvalue weighted by atomic mass is 16.7. The summed E-state index contributed by atoms with van der Waals surface area (Å²) in [4.78, 5) is 26.6. The fourth-order valence-electron chi connectivity index (χ4n) is 10.2. The Balaban J connectivity index is 2.62. The number of nitrogens with one attached hydrogen (secondary N) is 1. The molecule has 1 heterocycles. The molecule has 1 amide bonds. The first kappa shape index (κ1) is 76.9. The molecule has 1 aliphatic heterocycles. The van der Waals surface area contributed by atoms with Crippen LogP contribution in [0.1, 0.15) is 290 Å². The predicted molar refractivity (Wildman–Crippen MR) is 342 cm³/mol. The third kappa shape index (κ3) is 45.2. The molecule has 0 saturated carbocycles. The molecule has 11 heteroatoms. The van der Waals surface area contributed by atoms with Crippen LogP contribution in [0.4, 0.5) is 0 Å². The lowest BCUT2D eigenvalue weighted by Gasteiger charge is -2.41. The number of carbonyl (C=O) groups is 2. The van der Waals surface area contributed by atoms with Crippen LogP contribution in [-0.4, -0.2) is 99.6 Å². The molecule has 0 bridgehead atoms. The Labute approximate surface area is 502 Å². The van der Waals surface area contributed by atoms with Gasteiger partial charge in [-0.2, -0.15) is 0 Å². The summed E-state index contributed by atoms with van der Waals surface area (Å²) >= 11 is 0. The number of allylic oxidation sites excluding steroid dienone is 13. The Morgan fingerprint density at radius 3 is 1.32 bits per heavy atom. The number of aliphatic hydroxyl groups excluding tert-OH is 5. The maximum Gasteiger partial charge on any atom is 0.306 e. The Kier molecular flexibility index (Phi) is 54.6. The van der Waals surface area contributed by atoms with Gasteiger partial charge in [0.05, 0.1) is 25.4 Å². The first-order valence-electron chi connectivity index (χ1n) is 33.9.